The molecule has 0 aliphatic carbocycles. The number of phenols is 1. The Bertz CT molecular complexity index is 624. The van der Waals surface area contributed by atoms with Gasteiger partial charge in [-0.3, -0.25) is 4.79 Å². The summed E-state index contributed by atoms with van der Waals surface area (Å²) in [6.45, 7) is 10.5. The molecule has 1 aromatic rings. The van der Waals surface area contributed by atoms with Crippen molar-refractivity contribution in [1.82, 2.24) is 15.5 Å². The molecule has 0 radical (unpaired) electrons. The number of benzene rings is 1. The molecule has 0 aromatic heterocycles. The number of nitrogens with one attached hydrogen (secondary N) is 2. The van der Waals surface area contributed by atoms with Gasteiger partial charge in [-0.05, 0) is 67.4 Å². The van der Waals surface area contributed by atoms with Gasteiger partial charge in [0.25, 0.3) is 0 Å². The zero-order valence-electron chi connectivity index (χ0n) is 16.3. The second kappa shape index (κ2) is 8.40. The number of phenolic OH excluding ortho intramolecular Hbond substituents is 1. The van der Waals surface area contributed by atoms with E-state index >= 15 is 0 Å². The summed E-state index contributed by atoms with van der Waals surface area (Å²) in [5.41, 5.74) is 2.23. The number of carbonyl (C=O) groups excluding carboxylic acids is 1. The Labute approximate surface area is 157 Å². The van der Waals surface area contributed by atoms with E-state index in [2.05, 4.69) is 36.3 Å². The molecule has 2 aliphatic rings. The first-order chi connectivity index (χ1) is 12.4. The van der Waals surface area contributed by atoms with Gasteiger partial charge in [0, 0.05) is 19.1 Å². The number of nitrogens with zero attached hydrogens (tertiary/aromatic N) is 1. The number of carbonyl (C=O) groups is 1. The van der Waals surface area contributed by atoms with Gasteiger partial charge in [0.1, 0.15) is 5.75 Å². The van der Waals surface area contributed by atoms with E-state index in [9.17, 15) is 9.90 Å². The third-order valence-electron chi connectivity index (χ3n) is 5.93. The van der Waals surface area contributed by atoms with Gasteiger partial charge < -0.3 is 20.6 Å². The predicted octanol–water partition coefficient (Wildman–Crippen LogP) is 2.28. The highest BCUT2D eigenvalue weighted by Crippen LogP contribution is 2.22. The Balaban J connectivity index is 1.57. The summed E-state index contributed by atoms with van der Waals surface area (Å²) in [4.78, 5) is 15.3. The first kappa shape index (κ1) is 19.2. The molecule has 1 aromatic carbocycles. The Hall–Kier alpha value is -1.59. The van der Waals surface area contributed by atoms with Crippen LogP contribution in [0.25, 0.3) is 0 Å². The summed E-state index contributed by atoms with van der Waals surface area (Å²) in [6, 6.07) is 5.40. The number of fused-ring (bicyclic) bond motifs is 1. The second-order valence-corrected chi connectivity index (χ2v) is 8.43. The van der Waals surface area contributed by atoms with Crippen molar-refractivity contribution in [2.24, 2.45) is 11.8 Å². The number of likely N-dealkylation sites (tertiary alicyclic amines) is 1. The zero-order valence-corrected chi connectivity index (χ0v) is 16.3. The number of amides is 1. The highest BCUT2D eigenvalue weighted by atomic mass is 16.3. The van der Waals surface area contributed by atoms with Crippen LogP contribution in [-0.2, 0) is 17.8 Å². The maximum Gasteiger partial charge on any atom is 0.237 e. The molecule has 1 fully saturated rings. The molecule has 26 heavy (non-hydrogen) atoms. The van der Waals surface area contributed by atoms with Crippen molar-refractivity contribution in [3.8, 4) is 5.75 Å². The third-order valence-corrected chi connectivity index (χ3v) is 5.93. The molecule has 3 rings (SSSR count). The number of aromatic hydroxyl groups is 1. The minimum Gasteiger partial charge on any atom is -0.508 e. The van der Waals surface area contributed by atoms with Crippen molar-refractivity contribution in [2.45, 2.75) is 58.7 Å². The number of hydrogen-bond acceptors (Lipinski definition) is 4. The smallest absolute Gasteiger partial charge is 0.237 e. The van der Waals surface area contributed by atoms with Crippen molar-refractivity contribution in [2.75, 3.05) is 19.6 Å². The molecule has 5 heteroatoms. The molecule has 3 N–H and O–H groups in total. The van der Waals surface area contributed by atoms with Crippen LogP contribution in [0.3, 0.4) is 0 Å². The van der Waals surface area contributed by atoms with Crippen molar-refractivity contribution in [1.29, 1.82) is 0 Å². The quantitative estimate of drug-likeness (QED) is 0.755. The van der Waals surface area contributed by atoms with Gasteiger partial charge in [-0.15, -0.1) is 0 Å². The van der Waals surface area contributed by atoms with E-state index in [1.54, 1.807) is 12.1 Å². The van der Waals surface area contributed by atoms with Crippen LogP contribution in [0.5, 0.6) is 5.75 Å². The SMILES string of the molecule is CC1CCN(CC(NC(=O)[C@H]2Cc3ccc(O)cc3CN2)C(C)C)CC1. The third kappa shape index (κ3) is 4.77. The largest absolute Gasteiger partial charge is 0.508 e. The molecule has 2 atom stereocenters. The predicted molar refractivity (Wildman–Crippen MR) is 104 cm³/mol. The van der Waals surface area contributed by atoms with Crippen LogP contribution in [0.15, 0.2) is 18.2 Å². The molecule has 2 heterocycles. The zero-order chi connectivity index (χ0) is 18.7. The minimum absolute atomic E-state index is 0.0906. The fraction of sp³-hybridized carbons (Fsp3) is 0.667. The standard InChI is InChI=1S/C21H33N3O2/c1-14(2)20(13-24-8-6-15(3)7-9-24)23-21(26)19-11-16-4-5-18(25)10-17(16)12-22-19/h4-5,10,14-15,19-20,22,25H,6-9,11-13H2,1-3H3,(H,23,26)/t19-,20?/m1/s1. The summed E-state index contributed by atoms with van der Waals surface area (Å²) in [7, 11) is 0. The van der Waals surface area contributed by atoms with E-state index in [0.717, 1.165) is 36.7 Å². The van der Waals surface area contributed by atoms with E-state index in [1.807, 2.05) is 6.07 Å². The molecule has 0 bridgehead atoms. The Kier molecular flexibility index (Phi) is 6.20. The number of hydrogen-bond donors (Lipinski definition) is 3. The van der Waals surface area contributed by atoms with Crippen molar-refractivity contribution in [3.05, 3.63) is 29.3 Å². The molecule has 1 saturated heterocycles. The van der Waals surface area contributed by atoms with Gasteiger partial charge in [0.05, 0.1) is 6.04 Å². The average molecular weight is 360 g/mol. The number of piperidine rings is 1. The number of rotatable bonds is 5. The summed E-state index contributed by atoms with van der Waals surface area (Å²) in [5, 5.41) is 16.2. The Morgan fingerprint density at radius 2 is 2.04 bits per heavy atom. The fourth-order valence-corrected chi connectivity index (χ4v) is 3.92. The summed E-state index contributed by atoms with van der Waals surface area (Å²) < 4.78 is 0. The lowest BCUT2D eigenvalue weighted by molar-refractivity contribution is -0.124. The summed E-state index contributed by atoms with van der Waals surface area (Å²) in [5.74, 6) is 1.60. The minimum atomic E-state index is -0.199. The van der Waals surface area contributed by atoms with E-state index in [4.69, 9.17) is 0 Å². The molecular formula is C21H33N3O2. The van der Waals surface area contributed by atoms with Crippen LogP contribution in [0.1, 0.15) is 44.7 Å². The average Bonchev–Trinajstić information content (AvgIpc) is 2.62. The van der Waals surface area contributed by atoms with Gasteiger partial charge >= 0.3 is 0 Å². The van der Waals surface area contributed by atoms with E-state index in [0.29, 0.717) is 18.9 Å². The highest BCUT2D eigenvalue weighted by Gasteiger charge is 2.28. The van der Waals surface area contributed by atoms with Crippen molar-refractivity contribution in [3.63, 3.8) is 0 Å². The van der Waals surface area contributed by atoms with Gasteiger partial charge in [0.2, 0.25) is 5.91 Å². The van der Waals surface area contributed by atoms with Crippen LogP contribution < -0.4 is 10.6 Å². The molecule has 0 spiro atoms. The Morgan fingerprint density at radius 1 is 1.31 bits per heavy atom. The molecule has 5 nitrogen and oxygen atoms in total. The van der Waals surface area contributed by atoms with Crippen molar-refractivity contribution >= 4 is 5.91 Å². The second-order valence-electron chi connectivity index (χ2n) is 8.43. The molecule has 144 valence electrons. The van der Waals surface area contributed by atoms with Crippen molar-refractivity contribution < 1.29 is 9.90 Å². The Morgan fingerprint density at radius 3 is 2.73 bits per heavy atom. The maximum absolute atomic E-state index is 12.8. The van der Waals surface area contributed by atoms with E-state index in [-0.39, 0.29) is 23.7 Å². The van der Waals surface area contributed by atoms with Gasteiger partial charge in [-0.25, -0.2) is 0 Å². The van der Waals surface area contributed by atoms with E-state index in [1.165, 1.54) is 12.8 Å². The summed E-state index contributed by atoms with van der Waals surface area (Å²) >= 11 is 0. The monoisotopic (exact) mass is 359 g/mol. The summed E-state index contributed by atoms with van der Waals surface area (Å²) in [6.07, 6.45) is 3.19. The van der Waals surface area contributed by atoms with Crippen LogP contribution >= 0.6 is 0 Å². The van der Waals surface area contributed by atoms with Gasteiger partial charge in [-0.1, -0.05) is 26.8 Å². The van der Waals surface area contributed by atoms with Gasteiger partial charge in [0.15, 0.2) is 0 Å². The lowest BCUT2D eigenvalue weighted by Crippen LogP contribution is -2.54. The molecule has 1 unspecified atom stereocenters. The lowest BCUT2D eigenvalue weighted by atomic mass is 9.94. The molecular weight excluding hydrogens is 326 g/mol. The molecule has 0 saturated carbocycles. The van der Waals surface area contributed by atoms with Gasteiger partial charge in [-0.2, -0.15) is 0 Å². The highest BCUT2D eigenvalue weighted by molar-refractivity contribution is 5.82. The molecule has 2 aliphatic heterocycles. The van der Waals surface area contributed by atoms with E-state index < -0.39 is 0 Å². The first-order valence-corrected chi connectivity index (χ1v) is 9.99. The molecule has 1 amide bonds. The van der Waals surface area contributed by atoms with Crippen LogP contribution in [0, 0.1) is 11.8 Å². The lowest BCUT2D eigenvalue weighted by Gasteiger charge is -2.35. The topological polar surface area (TPSA) is 64.6 Å². The van der Waals surface area contributed by atoms with Crippen LogP contribution in [0.4, 0.5) is 0 Å². The first-order valence-electron chi connectivity index (χ1n) is 9.99. The van der Waals surface area contributed by atoms with Crippen LogP contribution in [0.2, 0.25) is 0 Å². The van der Waals surface area contributed by atoms with Crippen LogP contribution in [-0.4, -0.2) is 47.6 Å². The normalized spacial score (nSPS) is 22.8. The fourth-order valence-electron chi connectivity index (χ4n) is 3.92. The maximum atomic E-state index is 12.8.